The summed E-state index contributed by atoms with van der Waals surface area (Å²) < 4.78 is 9.99. The van der Waals surface area contributed by atoms with E-state index < -0.39 is 0 Å². The minimum atomic E-state index is 0.0409. The van der Waals surface area contributed by atoms with Gasteiger partial charge in [-0.1, -0.05) is 0 Å². The Bertz CT molecular complexity index is 106. The molecule has 0 aliphatic heterocycles. The quantitative estimate of drug-likeness (QED) is 0.456. The highest BCUT2D eigenvalue weighted by Gasteiger charge is 1.92. The van der Waals surface area contributed by atoms with E-state index >= 15 is 0 Å². The van der Waals surface area contributed by atoms with Crippen molar-refractivity contribution in [2.75, 3.05) is 32.2 Å². The summed E-state index contributed by atoms with van der Waals surface area (Å²) in [5.74, 6) is 0.756. The summed E-state index contributed by atoms with van der Waals surface area (Å²) in [6.07, 6.45) is 0. The van der Waals surface area contributed by atoms with E-state index in [-0.39, 0.29) is 12.4 Å². The van der Waals surface area contributed by atoms with E-state index in [1.807, 2.05) is 0 Å². The zero-order valence-corrected chi connectivity index (χ0v) is 7.60. The topological polar surface area (TPSA) is 35.5 Å². The molecule has 0 aromatic rings. The van der Waals surface area contributed by atoms with Crippen molar-refractivity contribution in [2.45, 2.75) is 6.92 Å². The van der Waals surface area contributed by atoms with E-state index in [0.717, 1.165) is 0 Å². The average molecular weight is 178 g/mol. The average Bonchev–Trinajstić information content (AvgIpc) is 1.96. The van der Waals surface area contributed by atoms with Gasteiger partial charge in [-0.25, -0.2) is 0 Å². The van der Waals surface area contributed by atoms with E-state index in [4.69, 9.17) is 9.47 Å². The highest BCUT2D eigenvalue weighted by Crippen LogP contribution is 1.81. The molecule has 0 saturated heterocycles. The number of thiol groups is 1. The van der Waals surface area contributed by atoms with Gasteiger partial charge in [0.05, 0.1) is 19.8 Å². The van der Waals surface area contributed by atoms with Gasteiger partial charge in [-0.05, 0) is 6.92 Å². The molecule has 0 N–H and O–H groups in total. The number of ether oxygens (including phenoxy) is 2. The van der Waals surface area contributed by atoms with Crippen LogP contribution in [0.15, 0.2) is 0 Å². The normalized spacial score (nSPS) is 10.0. The highest BCUT2D eigenvalue weighted by atomic mass is 32.1. The van der Waals surface area contributed by atoms with E-state index in [1.54, 1.807) is 0 Å². The first-order chi connectivity index (χ1) is 5.27. The molecule has 4 heteroatoms. The SMILES string of the molecule is CC(=O)COCCOCCS. The van der Waals surface area contributed by atoms with Crippen LogP contribution in [-0.4, -0.2) is 38.0 Å². The Labute approximate surface area is 72.5 Å². The van der Waals surface area contributed by atoms with Gasteiger partial charge in [-0.2, -0.15) is 12.6 Å². The summed E-state index contributed by atoms with van der Waals surface area (Å²) in [5.41, 5.74) is 0. The molecular weight excluding hydrogens is 164 g/mol. The Kier molecular flexibility index (Phi) is 8.00. The maximum absolute atomic E-state index is 10.4. The van der Waals surface area contributed by atoms with Crippen LogP contribution in [0.4, 0.5) is 0 Å². The van der Waals surface area contributed by atoms with Crippen molar-refractivity contribution in [1.82, 2.24) is 0 Å². The lowest BCUT2D eigenvalue weighted by Crippen LogP contribution is -2.10. The second kappa shape index (κ2) is 8.04. The third-order valence-electron chi connectivity index (χ3n) is 0.913. The predicted molar refractivity (Wildman–Crippen MR) is 46.2 cm³/mol. The van der Waals surface area contributed by atoms with Crippen LogP contribution >= 0.6 is 12.6 Å². The maximum Gasteiger partial charge on any atom is 0.155 e. The zero-order chi connectivity index (χ0) is 8.53. The standard InChI is InChI=1S/C7H14O3S/c1-7(8)6-10-3-2-9-4-5-11/h11H,2-6H2,1H3. The van der Waals surface area contributed by atoms with Gasteiger partial charge in [0.25, 0.3) is 0 Å². The Morgan fingerprint density at radius 1 is 1.27 bits per heavy atom. The van der Waals surface area contributed by atoms with Gasteiger partial charge in [0, 0.05) is 5.75 Å². The van der Waals surface area contributed by atoms with E-state index in [9.17, 15) is 4.79 Å². The first-order valence-electron chi connectivity index (χ1n) is 3.53. The lowest BCUT2D eigenvalue weighted by atomic mass is 10.5. The molecule has 11 heavy (non-hydrogen) atoms. The van der Waals surface area contributed by atoms with Crippen LogP contribution in [0.25, 0.3) is 0 Å². The molecule has 0 aliphatic carbocycles. The van der Waals surface area contributed by atoms with Crippen molar-refractivity contribution in [3.63, 3.8) is 0 Å². The Hall–Kier alpha value is -0.0600. The number of Topliss-reactive ketones (excluding diaryl/α,β-unsaturated/α-hetero) is 1. The van der Waals surface area contributed by atoms with Crippen LogP contribution < -0.4 is 0 Å². The smallest absolute Gasteiger partial charge is 0.155 e. The summed E-state index contributed by atoms with van der Waals surface area (Å²) in [7, 11) is 0. The molecule has 3 nitrogen and oxygen atoms in total. The van der Waals surface area contributed by atoms with Crippen molar-refractivity contribution in [3.05, 3.63) is 0 Å². The Balaban J connectivity index is 2.85. The van der Waals surface area contributed by atoms with Gasteiger partial charge in [-0.3, -0.25) is 4.79 Å². The lowest BCUT2D eigenvalue weighted by molar-refractivity contribution is -0.121. The van der Waals surface area contributed by atoms with Crippen LogP contribution in [0.5, 0.6) is 0 Å². The second-order valence-electron chi connectivity index (χ2n) is 2.09. The van der Waals surface area contributed by atoms with Crippen molar-refractivity contribution in [3.8, 4) is 0 Å². The molecule has 0 saturated carbocycles. The number of hydrogen-bond acceptors (Lipinski definition) is 4. The Morgan fingerprint density at radius 2 is 1.91 bits per heavy atom. The minimum Gasteiger partial charge on any atom is -0.378 e. The molecule has 0 fully saturated rings. The molecule has 0 aliphatic rings. The largest absolute Gasteiger partial charge is 0.378 e. The van der Waals surface area contributed by atoms with Gasteiger partial charge < -0.3 is 9.47 Å². The van der Waals surface area contributed by atoms with Gasteiger partial charge >= 0.3 is 0 Å². The number of carbonyl (C=O) groups excluding carboxylic acids is 1. The van der Waals surface area contributed by atoms with Gasteiger partial charge in [0.1, 0.15) is 6.61 Å². The summed E-state index contributed by atoms with van der Waals surface area (Å²) in [5, 5.41) is 0. The number of rotatable bonds is 7. The van der Waals surface area contributed by atoms with Crippen molar-refractivity contribution < 1.29 is 14.3 Å². The molecule has 0 bridgehead atoms. The molecule has 0 rings (SSSR count). The molecule has 0 spiro atoms. The van der Waals surface area contributed by atoms with Crippen LogP contribution in [0.3, 0.4) is 0 Å². The van der Waals surface area contributed by atoms with E-state index in [2.05, 4.69) is 12.6 Å². The number of hydrogen-bond donors (Lipinski definition) is 1. The molecule has 0 aromatic carbocycles. The number of carbonyl (C=O) groups is 1. The zero-order valence-electron chi connectivity index (χ0n) is 6.71. The predicted octanol–water partition coefficient (Wildman–Crippen LogP) is 0.538. The van der Waals surface area contributed by atoms with Crippen molar-refractivity contribution in [2.24, 2.45) is 0 Å². The van der Waals surface area contributed by atoms with Crippen molar-refractivity contribution in [1.29, 1.82) is 0 Å². The lowest BCUT2D eigenvalue weighted by Gasteiger charge is -2.01. The van der Waals surface area contributed by atoms with Crippen LogP contribution in [-0.2, 0) is 14.3 Å². The first kappa shape index (κ1) is 10.9. The molecular formula is C7H14O3S. The van der Waals surface area contributed by atoms with Crippen molar-refractivity contribution >= 4 is 18.4 Å². The number of ketones is 1. The summed E-state index contributed by atoms with van der Waals surface area (Å²) >= 11 is 3.96. The summed E-state index contributed by atoms with van der Waals surface area (Å²) in [6, 6.07) is 0. The molecule has 0 heterocycles. The van der Waals surface area contributed by atoms with Gasteiger partial charge in [-0.15, -0.1) is 0 Å². The van der Waals surface area contributed by atoms with Gasteiger partial charge in [0.15, 0.2) is 5.78 Å². The van der Waals surface area contributed by atoms with Crippen LogP contribution in [0, 0.1) is 0 Å². The fraction of sp³-hybridized carbons (Fsp3) is 0.857. The Morgan fingerprint density at radius 3 is 2.45 bits per heavy atom. The summed E-state index contributed by atoms with van der Waals surface area (Å²) in [4.78, 5) is 10.4. The van der Waals surface area contributed by atoms with E-state index in [0.29, 0.717) is 25.6 Å². The fourth-order valence-corrected chi connectivity index (χ4v) is 0.629. The molecule has 66 valence electrons. The molecule has 0 aromatic heterocycles. The first-order valence-corrected chi connectivity index (χ1v) is 4.16. The van der Waals surface area contributed by atoms with Crippen LogP contribution in [0.1, 0.15) is 6.92 Å². The third-order valence-corrected chi connectivity index (χ3v) is 1.10. The molecule has 0 radical (unpaired) electrons. The summed E-state index contributed by atoms with van der Waals surface area (Å²) in [6.45, 7) is 3.33. The maximum atomic E-state index is 10.4. The van der Waals surface area contributed by atoms with E-state index in [1.165, 1.54) is 6.92 Å². The van der Waals surface area contributed by atoms with Gasteiger partial charge in [0.2, 0.25) is 0 Å². The second-order valence-corrected chi connectivity index (χ2v) is 2.54. The fourth-order valence-electron chi connectivity index (χ4n) is 0.500. The van der Waals surface area contributed by atoms with Crippen LogP contribution in [0.2, 0.25) is 0 Å². The molecule has 0 amide bonds. The highest BCUT2D eigenvalue weighted by molar-refractivity contribution is 7.80. The molecule has 0 atom stereocenters. The minimum absolute atomic E-state index is 0.0409. The third kappa shape index (κ3) is 9.94. The molecule has 0 unspecified atom stereocenters. The monoisotopic (exact) mass is 178 g/mol.